The summed E-state index contributed by atoms with van der Waals surface area (Å²) in [5.41, 5.74) is 0.652. The Morgan fingerprint density at radius 1 is 1.12 bits per heavy atom. The average Bonchev–Trinajstić information content (AvgIpc) is 3.63. The molecule has 1 atom stereocenters. The lowest BCUT2D eigenvalue weighted by molar-refractivity contribution is -0.141. The van der Waals surface area contributed by atoms with Gasteiger partial charge in [0.1, 0.15) is 11.8 Å². The smallest absolute Gasteiger partial charge is 0.247 e. The van der Waals surface area contributed by atoms with Gasteiger partial charge in [0.05, 0.1) is 33.4 Å². The van der Waals surface area contributed by atoms with Crippen molar-refractivity contribution in [3.05, 3.63) is 70.3 Å². The summed E-state index contributed by atoms with van der Waals surface area (Å²) in [4.78, 5) is 29.9. The molecule has 2 heterocycles. The van der Waals surface area contributed by atoms with Crippen molar-refractivity contribution in [3.63, 3.8) is 0 Å². The third kappa shape index (κ3) is 5.62. The minimum Gasteiger partial charge on any atom is -0.493 e. The fourth-order valence-electron chi connectivity index (χ4n) is 4.40. The van der Waals surface area contributed by atoms with E-state index in [1.54, 1.807) is 43.6 Å². The van der Waals surface area contributed by atoms with Gasteiger partial charge in [-0.05, 0) is 54.1 Å². The fourth-order valence-corrected chi connectivity index (χ4v) is 5.10. The van der Waals surface area contributed by atoms with Gasteiger partial charge in [-0.25, -0.2) is 0 Å². The number of nitrogens with one attached hydrogen (secondary N) is 1. The van der Waals surface area contributed by atoms with Crippen LogP contribution in [0.1, 0.15) is 47.9 Å². The molecule has 1 fully saturated rings. The van der Waals surface area contributed by atoms with Gasteiger partial charge >= 0.3 is 0 Å². The van der Waals surface area contributed by atoms with Crippen LogP contribution < -0.4 is 14.8 Å². The summed E-state index contributed by atoms with van der Waals surface area (Å²) < 4.78 is 16.4. The number of benzene rings is 1. The Kier molecular flexibility index (Phi) is 7.90. The first-order chi connectivity index (χ1) is 16.6. The van der Waals surface area contributed by atoms with Crippen LogP contribution >= 0.6 is 11.3 Å². The summed E-state index contributed by atoms with van der Waals surface area (Å²) >= 11 is 1.52. The highest BCUT2D eigenvalue weighted by Crippen LogP contribution is 2.34. The molecule has 2 amide bonds. The maximum Gasteiger partial charge on any atom is 0.247 e. The van der Waals surface area contributed by atoms with Crippen LogP contribution in [0.4, 0.5) is 0 Å². The van der Waals surface area contributed by atoms with Crippen molar-refractivity contribution < 1.29 is 23.5 Å². The molecule has 2 aromatic heterocycles. The van der Waals surface area contributed by atoms with E-state index in [4.69, 9.17) is 13.9 Å². The van der Waals surface area contributed by atoms with Crippen LogP contribution in [0.5, 0.6) is 11.5 Å². The van der Waals surface area contributed by atoms with Crippen LogP contribution in [-0.2, 0) is 22.6 Å². The molecule has 8 heteroatoms. The van der Waals surface area contributed by atoms with E-state index < -0.39 is 6.04 Å². The van der Waals surface area contributed by atoms with Crippen molar-refractivity contribution in [3.8, 4) is 11.5 Å². The normalized spacial score (nSPS) is 14.5. The molecule has 0 saturated heterocycles. The molecule has 4 rings (SSSR count). The molecule has 1 aromatic carbocycles. The van der Waals surface area contributed by atoms with E-state index >= 15 is 0 Å². The molecular formula is C26H30N2O5S. The van der Waals surface area contributed by atoms with E-state index in [9.17, 15) is 9.59 Å². The number of thiophene rings is 1. The molecule has 0 unspecified atom stereocenters. The van der Waals surface area contributed by atoms with Crippen molar-refractivity contribution >= 4 is 23.2 Å². The zero-order chi connectivity index (χ0) is 23.9. The number of hydrogen-bond donors (Lipinski definition) is 1. The molecule has 34 heavy (non-hydrogen) atoms. The van der Waals surface area contributed by atoms with Crippen LogP contribution in [0.15, 0.2) is 58.5 Å². The highest BCUT2D eigenvalue weighted by Gasteiger charge is 2.34. The fraction of sp³-hybridized carbons (Fsp3) is 0.385. The van der Waals surface area contributed by atoms with Gasteiger partial charge in [-0.3, -0.25) is 9.59 Å². The largest absolute Gasteiger partial charge is 0.493 e. The molecule has 0 bridgehead atoms. The number of methoxy groups -OCH3 is 2. The molecule has 180 valence electrons. The molecule has 1 aliphatic rings. The Balaban J connectivity index is 1.72. The zero-order valence-corrected chi connectivity index (χ0v) is 20.3. The number of carbonyl (C=O) groups excluding carboxylic acids is 2. The number of ether oxygens (including phenoxy) is 2. The summed E-state index contributed by atoms with van der Waals surface area (Å²) in [6.07, 6.45) is 5.87. The second kappa shape index (κ2) is 11.2. The molecule has 1 saturated carbocycles. The monoisotopic (exact) mass is 482 g/mol. The number of nitrogens with zero attached hydrogens (tertiary/aromatic N) is 1. The number of hydrogen-bond acceptors (Lipinski definition) is 6. The van der Waals surface area contributed by atoms with E-state index in [-0.39, 0.29) is 30.8 Å². The Hall–Kier alpha value is -3.26. The van der Waals surface area contributed by atoms with E-state index in [1.807, 2.05) is 29.6 Å². The predicted octanol–water partition coefficient (Wildman–Crippen LogP) is 4.73. The minimum absolute atomic E-state index is 0.119. The van der Waals surface area contributed by atoms with Crippen LogP contribution in [0, 0.1) is 0 Å². The van der Waals surface area contributed by atoms with Crippen LogP contribution in [-0.4, -0.2) is 37.0 Å². The molecule has 1 aliphatic carbocycles. The number of amides is 2. The highest BCUT2D eigenvalue weighted by atomic mass is 32.1. The predicted molar refractivity (Wildman–Crippen MR) is 130 cm³/mol. The van der Waals surface area contributed by atoms with Crippen LogP contribution in [0.25, 0.3) is 0 Å². The van der Waals surface area contributed by atoms with Crippen molar-refractivity contribution in [2.24, 2.45) is 0 Å². The first kappa shape index (κ1) is 23.9. The quantitative estimate of drug-likeness (QED) is 0.452. The lowest BCUT2D eigenvalue weighted by atomic mass is 10.0. The third-order valence-corrected chi connectivity index (χ3v) is 6.99. The maximum absolute atomic E-state index is 13.7. The lowest BCUT2D eigenvalue weighted by Crippen LogP contribution is -2.46. The molecule has 3 aromatic rings. The zero-order valence-electron chi connectivity index (χ0n) is 19.5. The Labute approximate surface area is 203 Å². The second-order valence-electron chi connectivity index (χ2n) is 8.36. The van der Waals surface area contributed by atoms with Gasteiger partial charge < -0.3 is 24.1 Å². The van der Waals surface area contributed by atoms with Crippen LogP contribution in [0.3, 0.4) is 0 Å². The summed E-state index contributed by atoms with van der Waals surface area (Å²) in [6.45, 7) is 0.175. The van der Waals surface area contributed by atoms with Gasteiger partial charge in [0.25, 0.3) is 0 Å². The van der Waals surface area contributed by atoms with Crippen molar-refractivity contribution in [2.75, 3.05) is 14.2 Å². The third-order valence-electron chi connectivity index (χ3n) is 6.12. The summed E-state index contributed by atoms with van der Waals surface area (Å²) in [5.74, 6) is 1.31. The molecule has 0 radical (unpaired) electrons. The second-order valence-corrected chi connectivity index (χ2v) is 9.40. The first-order valence-corrected chi connectivity index (χ1v) is 12.3. The van der Waals surface area contributed by atoms with Gasteiger partial charge in [-0.15, -0.1) is 11.3 Å². The summed E-state index contributed by atoms with van der Waals surface area (Å²) in [7, 11) is 3.12. The van der Waals surface area contributed by atoms with E-state index in [0.717, 1.165) is 30.6 Å². The molecule has 1 N–H and O–H groups in total. The number of furan rings is 1. The van der Waals surface area contributed by atoms with Gasteiger partial charge in [0, 0.05) is 10.9 Å². The van der Waals surface area contributed by atoms with E-state index in [0.29, 0.717) is 22.8 Å². The van der Waals surface area contributed by atoms with Crippen molar-refractivity contribution in [1.29, 1.82) is 0 Å². The SMILES string of the molecule is COc1ccc([C@@H](C(=O)NC2CCCC2)N(Cc2ccco2)C(=O)Cc2cccs2)cc1OC. The lowest BCUT2D eigenvalue weighted by Gasteiger charge is -2.32. The minimum atomic E-state index is -0.849. The van der Waals surface area contributed by atoms with Gasteiger partial charge in [-0.2, -0.15) is 0 Å². The number of rotatable bonds is 10. The van der Waals surface area contributed by atoms with Gasteiger partial charge in [0.2, 0.25) is 11.8 Å². The average molecular weight is 483 g/mol. The highest BCUT2D eigenvalue weighted by molar-refractivity contribution is 7.10. The van der Waals surface area contributed by atoms with E-state index in [2.05, 4.69) is 5.32 Å². The molecular weight excluding hydrogens is 452 g/mol. The van der Waals surface area contributed by atoms with Crippen molar-refractivity contribution in [1.82, 2.24) is 10.2 Å². The Morgan fingerprint density at radius 3 is 2.56 bits per heavy atom. The number of carbonyl (C=O) groups is 2. The first-order valence-electron chi connectivity index (χ1n) is 11.5. The summed E-state index contributed by atoms with van der Waals surface area (Å²) in [5, 5.41) is 5.13. The van der Waals surface area contributed by atoms with Crippen LogP contribution in [0.2, 0.25) is 0 Å². The Bertz CT molecular complexity index is 1070. The van der Waals surface area contributed by atoms with Gasteiger partial charge in [-0.1, -0.05) is 25.0 Å². The summed E-state index contributed by atoms with van der Waals surface area (Å²) in [6, 6.07) is 12.1. The Morgan fingerprint density at radius 2 is 1.91 bits per heavy atom. The maximum atomic E-state index is 13.7. The van der Waals surface area contributed by atoms with E-state index in [1.165, 1.54) is 11.3 Å². The standard InChI is InChI=1S/C26H30N2O5S/c1-31-22-12-11-18(15-23(22)32-2)25(26(30)27-19-7-3-4-8-19)28(17-20-9-5-13-33-20)24(29)16-21-10-6-14-34-21/h5-6,9-15,19,25H,3-4,7-8,16-17H2,1-2H3,(H,27,30)/t25-/m0/s1. The van der Waals surface area contributed by atoms with Crippen molar-refractivity contribution in [2.45, 2.75) is 50.7 Å². The molecule has 0 aliphatic heterocycles. The van der Waals surface area contributed by atoms with Gasteiger partial charge in [0.15, 0.2) is 11.5 Å². The molecule has 0 spiro atoms. The molecule has 7 nitrogen and oxygen atoms in total. The topological polar surface area (TPSA) is 81.0 Å².